The van der Waals surface area contributed by atoms with Crippen molar-refractivity contribution in [2.75, 3.05) is 13.2 Å². The quantitative estimate of drug-likeness (QED) is 0.602. The van der Waals surface area contributed by atoms with Gasteiger partial charge in [-0.15, -0.1) is 0 Å². The van der Waals surface area contributed by atoms with Crippen LogP contribution in [-0.4, -0.2) is 18.1 Å². The fourth-order valence-corrected chi connectivity index (χ4v) is 2.14. The summed E-state index contributed by atoms with van der Waals surface area (Å²) in [6, 6.07) is 3.79. The van der Waals surface area contributed by atoms with E-state index in [1.54, 1.807) is 0 Å². The van der Waals surface area contributed by atoms with Gasteiger partial charge in [0.25, 0.3) is 5.69 Å². The molecule has 0 N–H and O–H groups in total. The Kier molecular flexibility index (Phi) is 3.68. The second-order valence-electron chi connectivity index (χ2n) is 4.29. The Labute approximate surface area is 98.5 Å². The Hall–Kier alpha value is -1.49. The summed E-state index contributed by atoms with van der Waals surface area (Å²) >= 11 is 0. The van der Waals surface area contributed by atoms with Crippen molar-refractivity contribution in [2.45, 2.75) is 19.3 Å². The predicted octanol–water partition coefficient (Wildman–Crippen LogP) is 2.70. The summed E-state index contributed by atoms with van der Waals surface area (Å²) in [5.74, 6) is -0.166. The van der Waals surface area contributed by atoms with E-state index >= 15 is 0 Å². The fraction of sp³-hybridized carbons (Fsp3) is 0.500. The van der Waals surface area contributed by atoms with E-state index in [1.807, 2.05) is 0 Å². The normalized spacial score (nSPS) is 17.0. The molecule has 5 heteroatoms. The summed E-state index contributed by atoms with van der Waals surface area (Å²) in [6.45, 7) is 1.42. The highest BCUT2D eigenvalue weighted by molar-refractivity contribution is 5.40. The van der Waals surface area contributed by atoms with E-state index in [9.17, 15) is 14.5 Å². The lowest BCUT2D eigenvalue weighted by molar-refractivity contribution is -0.385. The molecule has 0 radical (unpaired) electrons. The van der Waals surface area contributed by atoms with Crippen LogP contribution in [0.2, 0.25) is 0 Å². The van der Waals surface area contributed by atoms with Gasteiger partial charge in [-0.3, -0.25) is 10.1 Å². The molecule has 2 rings (SSSR count). The molecule has 17 heavy (non-hydrogen) atoms. The Morgan fingerprint density at radius 2 is 2.12 bits per heavy atom. The van der Waals surface area contributed by atoms with Crippen molar-refractivity contribution in [1.29, 1.82) is 0 Å². The largest absolute Gasteiger partial charge is 0.381 e. The third kappa shape index (κ3) is 3.00. The van der Waals surface area contributed by atoms with Crippen molar-refractivity contribution >= 4 is 5.69 Å². The highest BCUT2D eigenvalue weighted by atomic mass is 19.1. The first-order valence-corrected chi connectivity index (χ1v) is 5.67. The van der Waals surface area contributed by atoms with Crippen molar-refractivity contribution in [3.63, 3.8) is 0 Å². The minimum atomic E-state index is -0.563. The van der Waals surface area contributed by atoms with Crippen LogP contribution >= 0.6 is 0 Å². The average molecular weight is 239 g/mol. The highest BCUT2D eigenvalue weighted by Gasteiger charge is 2.20. The van der Waals surface area contributed by atoms with E-state index in [1.165, 1.54) is 12.1 Å². The van der Waals surface area contributed by atoms with Gasteiger partial charge < -0.3 is 4.74 Å². The molecule has 1 aliphatic heterocycles. The van der Waals surface area contributed by atoms with E-state index in [-0.39, 0.29) is 5.69 Å². The van der Waals surface area contributed by atoms with Crippen LogP contribution in [-0.2, 0) is 11.2 Å². The zero-order chi connectivity index (χ0) is 12.3. The average Bonchev–Trinajstić information content (AvgIpc) is 2.32. The molecule has 0 saturated carbocycles. The summed E-state index contributed by atoms with van der Waals surface area (Å²) in [6.07, 6.45) is 2.45. The molecule has 1 heterocycles. The molecule has 4 nitrogen and oxygen atoms in total. The maximum absolute atomic E-state index is 13.0. The Morgan fingerprint density at radius 3 is 2.76 bits per heavy atom. The SMILES string of the molecule is O=[N+]([O-])c1cc(F)ccc1CC1CCOCC1. The van der Waals surface area contributed by atoms with Gasteiger partial charge in [0.15, 0.2) is 0 Å². The number of halogens is 1. The van der Waals surface area contributed by atoms with E-state index in [0.29, 0.717) is 31.1 Å². The predicted molar refractivity (Wildman–Crippen MR) is 60.3 cm³/mol. The molecule has 0 atom stereocenters. The molecule has 0 aromatic heterocycles. The number of benzene rings is 1. The number of rotatable bonds is 3. The smallest absolute Gasteiger partial charge is 0.275 e. The van der Waals surface area contributed by atoms with Crippen molar-refractivity contribution in [2.24, 2.45) is 5.92 Å². The molecule has 1 aliphatic rings. The summed E-state index contributed by atoms with van der Waals surface area (Å²) in [7, 11) is 0. The van der Waals surface area contributed by atoms with Gasteiger partial charge in [0.2, 0.25) is 0 Å². The summed E-state index contributed by atoms with van der Waals surface area (Å²) in [5, 5.41) is 10.8. The molecule has 0 bridgehead atoms. The van der Waals surface area contributed by atoms with Crippen LogP contribution in [0.4, 0.5) is 10.1 Å². The standard InChI is InChI=1S/C12H14FNO3/c13-11-2-1-10(12(8-11)14(15)16)7-9-3-5-17-6-4-9/h1-2,8-9H,3-7H2. The van der Waals surface area contributed by atoms with E-state index in [0.717, 1.165) is 18.9 Å². The van der Waals surface area contributed by atoms with Crippen LogP contribution in [0.3, 0.4) is 0 Å². The van der Waals surface area contributed by atoms with Gasteiger partial charge >= 0.3 is 0 Å². The Balaban J connectivity index is 2.16. The van der Waals surface area contributed by atoms with Gasteiger partial charge in [0.05, 0.1) is 11.0 Å². The van der Waals surface area contributed by atoms with Crippen LogP contribution in [0.15, 0.2) is 18.2 Å². The number of nitrogens with zero attached hydrogens (tertiary/aromatic N) is 1. The molecule has 92 valence electrons. The minimum absolute atomic E-state index is 0.114. The summed E-state index contributed by atoms with van der Waals surface area (Å²) in [5.41, 5.74) is 0.500. The molecule has 1 fully saturated rings. The van der Waals surface area contributed by atoms with Gasteiger partial charge in [-0.2, -0.15) is 0 Å². The first-order valence-electron chi connectivity index (χ1n) is 5.67. The maximum atomic E-state index is 13.0. The maximum Gasteiger partial charge on any atom is 0.275 e. The molecule has 0 aliphatic carbocycles. The number of ether oxygens (including phenoxy) is 1. The van der Waals surface area contributed by atoms with Crippen LogP contribution in [0.5, 0.6) is 0 Å². The Morgan fingerprint density at radius 1 is 1.41 bits per heavy atom. The number of nitro groups is 1. The van der Waals surface area contributed by atoms with Crippen LogP contribution < -0.4 is 0 Å². The zero-order valence-electron chi connectivity index (χ0n) is 9.39. The van der Waals surface area contributed by atoms with Crippen molar-refractivity contribution in [3.05, 3.63) is 39.7 Å². The fourth-order valence-electron chi connectivity index (χ4n) is 2.14. The first kappa shape index (κ1) is 12.0. The van der Waals surface area contributed by atoms with Crippen LogP contribution in [0.1, 0.15) is 18.4 Å². The molecule has 0 spiro atoms. The number of nitro benzene ring substituents is 1. The topological polar surface area (TPSA) is 52.4 Å². The van der Waals surface area contributed by atoms with Crippen molar-refractivity contribution in [3.8, 4) is 0 Å². The summed E-state index contributed by atoms with van der Waals surface area (Å²) < 4.78 is 18.2. The lowest BCUT2D eigenvalue weighted by Gasteiger charge is -2.21. The number of hydrogen-bond donors (Lipinski definition) is 0. The molecule has 1 saturated heterocycles. The van der Waals surface area contributed by atoms with E-state index in [2.05, 4.69) is 0 Å². The van der Waals surface area contributed by atoms with Crippen molar-refractivity contribution in [1.82, 2.24) is 0 Å². The Bertz CT molecular complexity index is 416. The van der Waals surface area contributed by atoms with E-state index in [4.69, 9.17) is 4.74 Å². The lowest BCUT2D eigenvalue weighted by atomic mass is 9.92. The molecular weight excluding hydrogens is 225 g/mol. The number of hydrogen-bond acceptors (Lipinski definition) is 3. The van der Waals surface area contributed by atoms with E-state index < -0.39 is 10.7 Å². The van der Waals surface area contributed by atoms with Gasteiger partial charge in [0, 0.05) is 18.8 Å². The first-order chi connectivity index (χ1) is 8.16. The molecule has 1 aromatic rings. The minimum Gasteiger partial charge on any atom is -0.381 e. The summed E-state index contributed by atoms with van der Waals surface area (Å²) in [4.78, 5) is 10.3. The molecule has 0 unspecified atom stereocenters. The molecular formula is C12H14FNO3. The van der Waals surface area contributed by atoms with Gasteiger partial charge in [0.1, 0.15) is 5.82 Å². The van der Waals surface area contributed by atoms with Gasteiger partial charge in [-0.25, -0.2) is 4.39 Å². The van der Waals surface area contributed by atoms with Gasteiger partial charge in [-0.05, 0) is 37.3 Å². The van der Waals surface area contributed by atoms with Crippen LogP contribution in [0.25, 0.3) is 0 Å². The zero-order valence-corrected chi connectivity index (χ0v) is 9.39. The van der Waals surface area contributed by atoms with Crippen molar-refractivity contribution < 1.29 is 14.1 Å². The third-order valence-corrected chi connectivity index (χ3v) is 3.09. The van der Waals surface area contributed by atoms with Gasteiger partial charge in [-0.1, -0.05) is 0 Å². The second kappa shape index (κ2) is 5.23. The highest BCUT2D eigenvalue weighted by Crippen LogP contribution is 2.26. The second-order valence-corrected chi connectivity index (χ2v) is 4.29. The molecule has 0 amide bonds. The monoisotopic (exact) mass is 239 g/mol. The lowest BCUT2D eigenvalue weighted by Crippen LogP contribution is -2.18. The molecule has 1 aromatic carbocycles. The third-order valence-electron chi connectivity index (χ3n) is 3.09. The van der Waals surface area contributed by atoms with Crippen LogP contribution in [0, 0.1) is 21.8 Å².